The number of carboxylic acid groups (broad SMARTS) is 1. The summed E-state index contributed by atoms with van der Waals surface area (Å²) in [5.74, 6) is 0.449. The summed E-state index contributed by atoms with van der Waals surface area (Å²) >= 11 is 0. The zero-order valence-corrected chi connectivity index (χ0v) is 20.7. The van der Waals surface area contributed by atoms with E-state index in [1.165, 1.54) is 6.20 Å². The molecule has 0 amide bonds. The maximum absolute atomic E-state index is 12.0. The number of hydrogen-bond acceptors (Lipinski definition) is 7. The number of carboxylic acids is 1. The first-order valence-electron chi connectivity index (χ1n) is 12.1. The van der Waals surface area contributed by atoms with Crippen LogP contribution in [-0.2, 0) is 6.54 Å². The number of anilines is 1. The molecule has 1 aliphatic rings. The number of hydrogen-bond donors (Lipinski definition) is 3. The summed E-state index contributed by atoms with van der Waals surface area (Å²) in [6, 6.07) is 5.65. The molecule has 1 saturated carbocycles. The van der Waals surface area contributed by atoms with Gasteiger partial charge in [-0.2, -0.15) is 0 Å². The summed E-state index contributed by atoms with van der Waals surface area (Å²) in [4.78, 5) is 21.0. The molecule has 1 fully saturated rings. The van der Waals surface area contributed by atoms with Gasteiger partial charge in [0.2, 0.25) is 0 Å². The summed E-state index contributed by atoms with van der Waals surface area (Å²) in [5.41, 5.74) is 1.97. The summed E-state index contributed by atoms with van der Waals surface area (Å²) in [5, 5.41) is 24.1. The Morgan fingerprint density at radius 3 is 2.74 bits per heavy atom. The zero-order chi connectivity index (χ0) is 25.2. The first-order chi connectivity index (χ1) is 16.8. The van der Waals surface area contributed by atoms with E-state index in [1.807, 2.05) is 36.6 Å². The minimum Gasteiger partial charge on any atom is -0.493 e. The number of aliphatic hydroxyl groups is 1. The van der Waals surface area contributed by atoms with Crippen LogP contribution in [0.1, 0.15) is 61.9 Å². The van der Waals surface area contributed by atoms with E-state index in [-0.39, 0.29) is 17.5 Å². The largest absolute Gasteiger partial charge is 0.493 e. The molecule has 188 valence electrons. The van der Waals surface area contributed by atoms with Crippen LogP contribution >= 0.6 is 0 Å². The first-order valence-corrected chi connectivity index (χ1v) is 12.1. The predicted octanol–water partition coefficient (Wildman–Crippen LogP) is 4.33. The van der Waals surface area contributed by atoms with Gasteiger partial charge < -0.3 is 29.6 Å². The van der Waals surface area contributed by atoms with E-state index in [4.69, 9.17) is 9.47 Å². The molecule has 0 unspecified atom stereocenters. The van der Waals surface area contributed by atoms with Crippen LogP contribution < -0.4 is 14.8 Å². The molecular weight excluding hydrogens is 448 g/mol. The quantitative estimate of drug-likeness (QED) is 0.412. The lowest BCUT2D eigenvalue weighted by Gasteiger charge is -2.39. The number of nitrogens with one attached hydrogen (secondary N) is 1. The van der Waals surface area contributed by atoms with E-state index in [0.29, 0.717) is 41.3 Å². The first kappa shape index (κ1) is 24.8. The lowest BCUT2D eigenvalue weighted by molar-refractivity contribution is -0.0214. The second-order valence-electron chi connectivity index (χ2n) is 9.45. The van der Waals surface area contributed by atoms with Gasteiger partial charge in [-0.1, -0.05) is 19.4 Å². The molecular formula is C26H34N4O5. The zero-order valence-electron chi connectivity index (χ0n) is 20.7. The summed E-state index contributed by atoms with van der Waals surface area (Å²) < 4.78 is 12.6. The molecule has 35 heavy (non-hydrogen) atoms. The Labute approximate surface area is 205 Å². The van der Waals surface area contributed by atoms with Crippen LogP contribution in [0.15, 0.2) is 30.7 Å². The number of imidazole rings is 1. The summed E-state index contributed by atoms with van der Waals surface area (Å²) in [6.07, 6.45) is 7.23. The Morgan fingerprint density at radius 2 is 2.06 bits per heavy atom. The maximum atomic E-state index is 12.0. The van der Waals surface area contributed by atoms with Gasteiger partial charge in [-0.25, -0.2) is 14.8 Å². The molecule has 0 saturated heterocycles. The Hall–Kier alpha value is -3.33. The average Bonchev–Trinajstić information content (AvgIpc) is 3.27. The molecule has 9 nitrogen and oxygen atoms in total. The minimum atomic E-state index is -1.06. The molecule has 1 aliphatic carbocycles. The van der Waals surface area contributed by atoms with Crippen molar-refractivity contribution in [2.24, 2.45) is 5.92 Å². The Morgan fingerprint density at radius 1 is 1.29 bits per heavy atom. The third kappa shape index (κ3) is 5.05. The summed E-state index contributed by atoms with van der Waals surface area (Å²) in [6.45, 7) is 4.54. The van der Waals surface area contributed by atoms with Crippen molar-refractivity contribution in [3.05, 3.63) is 41.9 Å². The maximum Gasteiger partial charge on any atom is 0.339 e. The smallest absolute Gasteiger partial charge is 0.339 e. The van der Waals surface area contributed by atoms with E-state index in [1.54, 1.807) is 20.5 Å². The fourth-order valence-corrected chi connectivity index (χ4v) is 5.08. The number of nitrogens with zero attached hydrogens (tertiary/aromatic N) is 3. The summed E-state index contributed by atoms with van der Waals surface area (Å²) in [7, 11) is 3.19. The fraction of sp³-hybridized carbons (Fsp3) is 0.500. The van der Waals surface area contributed by atoms with Crippen molar-refractivity contribution in [1.29, 1.82) is 0 Å². The molecule has 2 aromatic heterocycles. The predicted molar refractivity (Wildman–Crippen MR) is 133 cm³/mol. The third-order valence-corrected chi connectivity index (χ3v) is 7.26. The average molecular weight is 483 g/mol. The Balaban J connectivity index is 1.65. The van der Waals surface area contributed by atoms with Crippen molar-refractivity contribution < 1.29 is 24.5 Å². The number of aromatic nitrogens is 3. The molecule has 0 radical (unpaired) electrons. The number of aromatic carboxylic acids is 1. The highest BCUT2D eigenvalue weighted by Crippen LogP contribution is 2.38. The molecule has 9 heteroatoms. The number of pyridine rings is 1. The topological polar surface area (TPSA) is 119 Å². The molecule has 3 aromatic rings. The lowest BCUT2D eigenvalue weighted by Crippen LogP contribution is -2.40. The lowest BCUT2D eigenvalue weighted by atomic mass is 9.74. The van der Waals surface area contributed by atoms with Crippen molar-refractivity contribution in [2.45, 2.75) is 64.1 Å². The van der Waals surface area contributed by atoms with Gasteiger partial charge in [-0.15, -0.1) is 0 Å². The second kappa shape index (κ2) is 10.1. The highest BCUT2D eigenvalue weighted by atomic mass is 16.5. The highest BCUT2D eigenvalue weighted by molar-refractivity contribution is 6.02. The van der Waals surface area contributed by atoms with Gasteiger partial charge in [-0.3, -0.25) is 0 Å². The molecule has 0 aliphatic heterocycles. The molecule has 4 rings (SSSR count). The molecule has 0 bridgehead atoms. The van der Waals surface area contributed by atoms with Crippen LogP contribution in [0.2, 0.25) is 0 Å². The van der Waals surface area contributed by atoms with Crippen molar-refractivity contribution in [1.82, 2.24) is 14.5 Å². The van der Waals surface area contributed by atoms with Crippen LogP contribution in [0.25, 0.3) is 11.2 Å². The number of ether oxygens (including phenoxy) is 2. The normalized spacial score (nSPS) is 21.0. The standard InChI is InChI=1S/C26H34N4O5/c1-5-26(33)10-6-7-18(12-26)16(2)29-22-19(25(31)32)13-27-24-23(22)28-15-30(24)14-17-8-9-20(34-3)21(11-17)35-4/h8-9,11,13,15-16,18,33H,5-7,10,12,14H2,1-4H3,(H,27,29)(H,31,32)/t16-,18-,26+/m0/s1. The Bertz CT molecular complexity index is 1210. The number of methoxy groups -OCH3 is 2. The van der Waals surface area contributed by atoms with Gasteiger partial charge in [-0.05, 0) is 56.2 Å². The van der Waals surface area contributed by atoms with Gasteiger partial charge in [0.25, 0.3) is 0 Å². The van der Waals surface area contributed by atoms with Crippen LogP contribution in [0, 0.1) is 5.92 Å². The van der Waals surface area contributed by atoms with Crippen molar-refractivity contribution in [3.8, 4) is 11.5 Å². The van der Waals surface area contributed by atoms with Gasteiger partial charge in [0.15, 0.2) is 17.1 Å². The van der Waals surface area contributed by atoms with Crippen molar-refractivity contribution in [3.63, 3.8) is 0 Å². The van der Waals surface area contributed by atoms with E-state index in [0.717, 1.165) is 31.2 Å². The fourth-order valence-electron chi connectivity index (χ4n) is 5.08. The molecule has 3 atom stereocenters. The number of benzene rings is 1. The van der Waals surface area contributed by atoms with Crippen molar-refractivity contribution in [2.75, 3.05) is 19.5 Å². The van der Waals surface area contributed by atoms with E-state index in [9.17, 15) is 15.0 Å². The van der Waals surface area contributed by atoms with E-state index in [2.05, 4.69) is 15.3 Å². The molecule has 3 N–H and O–H groups in total. The van der Waals surface area contributed by atoms with Gasteiger partial charge in [0, 0.05) is 12.2 Å². The van der Waals surface area contributed by atoms with E-state index < -0.39 is 11.6 Å². The van der Waals surface area contributed by atoms with Crippen molar-refractivity contribution >= 4 is 22.8 Å². The van der Waals surface area contributed by atoms with Gasteiger partial charge in [0.05, 0.1) is 38.4 Å². The van der Waals surface area contributed by atoms with Crippen LogP contribution in [-0.4, -0.2) is 56.6 Å². The third-order valence-electron chi connectivity index (χ3n) is 7.26. The number of fused-ring (bicyclic) bond motifs is 1. The minimum absolute atomic E-state index is 0.0342. The Kier molecular flexibility index (Phi) is 7.16. The molecule has 0 spiro atoms. The van der Waals surface area contributed by atoms with Crippen LogP contribution in [0.3, 0.4) is 0 Å². The number of rotatable bonds is 9. The molecule has 2 heterocycles. The van der Waals surface area contributed by atoms with E-state index >= 15 is 0 Å². The number of carbonyl (C=O) groups is 1. The van der Waals surface area contributed by atoms with Gasteiger partial charge in [0.1, 0.15) is 11.1 Å². The van der Waals surface area contributed by atoms with Crippen LogP contribution in [0.4, 0.5) is 5.69 Å². The highest BCUT2D eigenvalue weighted by Gasteiger charge is 2.35. The monoisotopic (exact) mass is 482 g/mol. The van der Waals surface area contributed by atoms with Crippen LogP contribution in [0.5, 0.6) is 11.5 Å². The molecule has 1 aromatic carbocycles. The second-order valence-corrected chi connectivity index (χ2v) is 9.45. The SMILES string of the molecule is CC[C@@]1(O)CCC[C@H]([C@H](C)Nc2c(C(=O)O)cnc3c2ncn3Cc2ccc(OC)c(OC)c2)C1. The van der Waals surface area contributed by atoms with Gasteiger partial charge >= 0.3 is 5.97 Å².